The Balaban J connectivity index is 1.81. The molecule has 0 radical (unpaired) electrons. The van der Waals surface area contributed by atoms with Gasteiger partial charge < -0.3 is 9.47 Å². The van der Waals surface area contributed by atoms with E-state index in [2.05, 4.69) is 10.5 Å². The number of hydrogen-bond acceptors (Lipinski definition) is 5. The standard InChI is InChI=1S/C15H16N2O3S/c1-11-7-8-12(21-11)9-16-17-15(18)10-20-14-6-4-3-5-13(14)19-2/h3-9H,10H2,1-2H3,(H,17,18). The van der Waals surface area contributed by atoms with E-state index in [0.29, 0.717) is 11.5 Å². The number of hydrogen-bond donors (Lipinski definition) is 1. The largest absolute Gasteiger partial charge is 0.493 e. The molecule has 1 amide bonds. The minimum Gasteiger partial charge on any atom is -0.493 e. The topological polar surface area (TPSA) is 59.9 Å². The van der Waals surface area contributed by atoms with Crippen molar-refractivity contribution in [3.8, 4) is 11.5 Å². The van der Waals surface area contributed by atoms with Crippen molar-refractivity contribution in [1.82, 2.24) is 5.43 Å². The first-order chi connectivity index (χ1) is 10.2. The van der Waals surface area contributed by atoms with Crippen molar-refractivity contribution in [2.24, 2.45) is 5.10 Å². The number of hydrazone groups is 1. The van der Waals surface area contributed by atoms with Crippen LogP contribution in [0, 0.1) is 6.92 Å². The van der Waals surface area contributed by atoms with E-state index < -0.39 is 0 Å². The van der Waals surface area contributed by atoms with Gasteiger partial charge >= 0.3 is 0 Å². The molecule has 0 spiro atoms. The predicted molar refractivity (Wildman–Crippen MR) is 83.3 cm³/mol. The Labute approximate surface area is 127 Å². The third kappa shape index (κ3) is 4.61. The van der Waals surface area contributed by atoms with Gasteiger partial charge in [0.05, 0.1) is 13.3 Å². The Kier molecular flexibility index (Phi) is 5.34. The van der Waals surface area contributed by atoms with Gasteiger partial charge in [0, 0.05) is 9.75 Å². The molecule has 2 aromatic rings. The van der Waals surface area contributed by atoms with E-state index in [-0.39, 0.29) is 12.5 Å². The molecule has 1 heterocycles. The van der Waals surface area contributed by atoms with Crippen molar-refractivity contribution < 1.29 is 14.3 Å². The van der Waals surface area contributed by atoms with Crippen LogP contribution in [0.25, 0.3) is 0 Å². The second-order valence-electron chi connectivity index (χ2n) is 4.18. The number of benzene rings is 1. The van der Waals surface area contributed by atoms with Crippen LogP contribution in [0.2, 0.25) is 0 Å². The Morgan fingerprint density at radius 2 is 2.05 bits per heavy atom. The average Bonchev–Trinajstić information content (AvgIpc) is 2.91. The highest BCUT2D eigenvalue weighted by Gasteiger charge is 2.05. The lowest BCUT2D eigenvalue weighted by molar-refractivity contribution is -0.123. The summed E-state index contributed by atoms with van der Waals surface area (Å²) < 4.78 is 10.5. The molecule has 0 aliphatic rings. The molecular formula is C15H16N2O3S. The molecule has 0 unspecified atom stereocenters. The van der Waals surface area contributed by atoms with E-state index >= 15 is 0 Å². The number of nitrogens with zero attached hydrogens (tertiary/aromatic N) is 1. The van der Waals surface area contributed by atoms with Gasteiger partial charge in [0.25, 0.3) is 5.91 Å². The van der Waals surface area contributed by atoms with E-state index in [1.807, 2.05) is 31.2 Å². The summed E-state index contributed by atoms with van der Waals surface area (Å²) in [5.41, 5.74) is 2.42. The lowest BCUT2D eigenvalue weighted by Gasteiger charge is -2.08. The van der Waals surface area contributed by atoms with Crippen LogP contribution >= 0.6 is 11.3 Å². The number of amides is 1. The summed E-state index contributed by atoms with van der Waals surface area (Å²) in [5, 5.41) is 3.88. The Hall–Kier alpha value is -2.34. The van der Waals surface area contributed by atoms with Crippen LogP contribution in [0.5, 0.6) is 11.5 Å². The second kappa shape index (κ2) is 7.44. The van der Waals surface area contributed by atoms with E-state index in [0.717, 1.165) is 4.88 Å². The zero-order valence-electron chi connectivity index (χ0n) is 11.8. The van der Waals surface area contributed by atoms with Crippen LogP contribution in [0.15, 0.2) is 41.5 Å². The molecule has 21 heavy (non-hydrogen) atoms. The average molecular weight is 304 g/mol. The van der Waals surface area contributed by atoms with Gasteiger partial charge in [0.15, 0.2) is 18.1 Å². The maximum Gasteiger partial charge on any atom is 0.277 e. The van der Waals surface area contributed by atoms with Crippen LogP contribution < -0.4 is 14.9 Å². The van der Waals surface area contributed by atoms with Crippen molar-refractivity contribution in [2.75, 3.05) is 13.7 Å². The fourth-order valence-corrected chi connectivity index (χ4v) is 2.35. The van der Waals surface area contributed by atoms with Crippen LogP contribution in [-0.4, -0.2) is 25.8 Å². The molecule has 1 aromatic heterocycles. The van der Waals surface area contributed by atoms with Crippen molar-refractivity contribution in [3.63, 3.8) is 0 Å². The van der Waals surface area contributed by atoms with Gasteiger partial charge in [0.2, 0.25) is 0 Å². The van der Waals surface area contributed by atoms with Gasteiger partial charge in [-0.15, -0.1) is 11.3 Å². The van der Waals surface area contributed by atoms with Gasteiger partial charge in [-0.25, -0.2) is 5.43 Å². The number of rotatable bonds is 6. The minimum absolute atomic E-state index is 0.124. The van der Waals surface area contributed by atoms with Crippen LogP contribution in [0.3, 0.4) is 0 Å². The fraction of sp³-hybridized carbons (Fsp3) is 0.200. The van der Waals surface area contributed by atoms with Gasteiger partial charge in [0.1, 0.15) is 0 Å². The first kappa shape index (κ1) is 15.1. The van der Waals surface area contributed by atoms with E-state index in [1.165, 1.54) is 4.88 Å². The highest BCUT2D eigenvalue weighted by Crippen LogP contribution is 2.25. The minimum atomic E-state index is -0.328. The lowest BCUT2D eigenvalue weighted by atomic mass is 10.3. The first-order valence-electron chi connectivity index (χ1n) is 6.33. The maximum absolute atomic E-state index is 11.6. The molecule has 0 fully saturated rings. The number of nitrogens with one attached hydrogen (secondary N) is 1. The molecule has 0 atom stereocenters. The molecule has 1 aromatic carbocycles. The Bertz CT molecular complexity index is 637. The third-order valence-electron chi connectivity index (χ3n) is 2.57. The molecule has 1 N–H and O–H groups in total. The quantitative estimate of drug-likeness (QED) is 0.659. The van der Waals surface area contributed by atoms with Crippen molar-refractivity contribution in [3.05, 3.63) is 46.2 Å². The zero-order chi connectivity index (χ0) is 15.1. The van der Waals surface area contributed by atoms with Gasteiger partial charge in [-0.1, -0.05) is 12.1 Å². The maximum atomic E-state index is 11.6. The normalized spacial score (nSPS) is 10.6. The van der Waals surface area contributed by atoms with Crippen molar-refractivity contribution in [2.45, 2.75) is 6.92 Å². The number of aryl methyl sites for hydroxylation is 1. The van der Waals surface area contributed by atoms with Gasteiger partial charge in [-0.3, -0.25) is 4.79 Å². The SMILES string of the molecule is COc1ccccc1OCC(=O)NN=Cc1ccc(C)s1. The molecule has 0 saturated heterocycles. The summed E-state index contributed by atoms with van der Waals surface area (Å²) in [6.45, 7) is 1.89. The fourth-order valence-electron chi connectivity index (χ4n) is 1.60. The van der Waals surface area contributed by atoms with E-state index in [4.69, 9.17) is 9.47 Å². The second-order valence-corrected chi connectivity index (χ2v) is 5.50. The number of methoxy groups -OCH3 is 1. The number of carbonyl (C=O) groups is 1. The number of carbonyl (C=O) groups excluding carboxylic acids is 1. The predicted octanol–water partition coefficient (Wildman–Crippen LogP) is 2.59. The molecule has 0 aliphatic heterocycles. The highest BCUT2D eigenvalue weighted by atomic mass is 32.1. The smallest absolute Gasteiger partial charge is 0.277 e. The van der Waals surface area contributed by atoms with Crippen molar-refractivity contribution >= 4 is 23.5 Å². The summed E-state index contributed by atoms with van der Waals surface area (Å²) in [7, 11) is 1.55. The number of thiophene rings is 1. The Morgan fingerprint density at radius 3 is 2.71 bits per heavy atom. The van der Waals surface area contributed by atoms with E-state index in [9.17, 15) is 4.79 Å². The van der Waals surface area contributed by atoms with E-state index in [1.54, 1.807) is 36.8 Å². The van der Waals surface area contributed by atoms with Crippen molar-refractivity contribution in [1.29, 1.82) is 0 Å². The molecule has 5 nitrogen and oxygen atoms in total. The molecule has 0 saturated carbocycles. The monoisotopic (exact) mass is 304 g/mol. The van der Waals surface area contributed by atoms with Crippen LogP contribution in [0.1, 0.15) is 9.75 Å². The molecule has 0 aliphatic carbocycles. The highest BCUT2D eigenvalue weighted by molar-refractivity contribution is 7.13. The Morgan fingerprint density at radius 1 is 1.29 bits per heavy atom. The molecule has 2 rings (SSSR count). The van der Waals surface area contributed by atoms with Gasteiger partial charge in [-0.2, -0.15) is 5.10 Å². The summed E-state index contributed by atoms with van der Waals surface area (Å²) in [4.78, 5) is 13.8. The zero-order valence-corrected chi connectivity index (χ0v) is 12.6. The number of ether oxygens (including phenoxy) is 2. The summed E-state index contributed by atoms with van der Waals surface area (Å²) in [5.74, 6) is 0.779. The summed E-state index contributed by atoms with van der Waals surface area (Å²) >= 11 is 1.61. The summed E-state index contributed by atoms with van der Waals surface area (Å²) in [6.07, 6.45) is 1.61. The molecular weight excluding hydrogens is 288 g/mol. The molecule has 110 valence electrons. The van der Waals surface area contributed by atoms with Crippen LogP contribution in [-0.2, 0) is 4.79 Å². The molecule has 0 bridgehead atoms. The summed E-state index contributed by atoms with van der Waals surface area (Å²) in [6, 6.07) is 11.1. The lowest BCUT2D eigenvalue weighted by Crippen LogP contribution is -2.24. The molecule has 6 heteroatoms. The van der Waals surface area contributed by atoms with Crippen LogP contribution in [0.4, 0.5) is 0 Å². The first-order valence-corrected chi connectivity index (χ1v) is 7.15. The third-order valence-corrected chi connectivity index (χ3v) is 3.51. The van der Waals surface area contributed by atoms with Gasteiger partial charge in [-0.05, 0) is 31.2 Å². The number of para-hydroxylation sites is 2.